The molecule has 0 unspecified atom stereocenters. The van der Waals surface area contributed by atoms with E-state index in [1.54, 1.807) is 43.6 Å². The van der Waals surface area contributed by atoms with Crippen LogP contribution >= 0.6 is 11.6 Å². The Balaban J connectivity index is 2.00. The molecule has 0 spiro atoms. The van der Waals surface area contributed by atoms with E-state index in [2.05, 4.69) is 20.3 Å². The minimum absolute atomic E-state index is 0.319. The van der Waals surface area contributed by atoms with Crippen LogP contribution in [0.4, 0.5) is 10.3 Å². The molecule has 1 N–H and O–H groups in total. The van der Waals surface area contributed by atoms with Crippen molar-refractivity contribution >= 4 is 23.3 Å². The van der Waals surface area contributed by atoms with Gasteiger partial charge in [0.1, 0.15) is 5.82 Å². The van der Waals surface area contributed by atoms with Crippen LogP contribution in [0.25, 0.3) is 11.3 Å². The fraction of sp³-hybridized carbons (Fsp3) is 0.105. The average Bonchev–Trinajstić information content (AvgIpc) is 2.78. The van der Waals surface area contributed by atoms with E-state index in [9.17, 15) is 4.39 Å². The molecule has 0 saturated heterocycles. The van der Waals surface area contributed by atoms with Gasteiger partial charge in [0.15, 0.2) is 0 Å². The number of anilines is 1. The Morgan fingerprint density at radius 3 is 2.72 bits per heavy atom. The van der Waals surface area contributed by atoms with E-state index in [1.165, 1.54) is 6.07 Å². The summed E-state index contributed by atoms with van der Waals surface area (Å²) in [6.45, 7) is 0.370. The van der Waals surface area contributed by atoms with Crippen LogP contribution in [0.2, 0.25) is 5.02 Å². The Labute approximate surface area is 149 Å². The maximum absolute atomic E-state index is 14.4. The first kappa shape index (κ1) is 15.7. The largest absolute Gasteiger partial charge is 0.357 e. The minimum Gasteiger partial charge on any atom is -0.357 e. The van der Waals surface area contributed by atoms with Crippen molar-refractivity contribution in [2.75, 3.05) is 12.4 Å². The van der Waals surface area contributed by atoms with Crippen molar-refractivity contribution in [1.29, 1.82) is 0 Å². The Morgan fingerprint density at radius 1 is 1.08 bits per heavy atom. The van der Waals surface area contributed by atoms with E-state index in [0.29, 0.717) is 28.8 Å². The van der Waals surface area contributed by atoms with Crippen LogP contribution in [0.15, 0.2) is 53.7 Å². The van der Waals surface area contributed by atoms with Crippen molar-refractivity contribution in [3.63, 3.8) is 0 Å². The molecule has 2 heterocycles. The molecule has 0 aliphatic carbocycles. The third kappa shape index (κ3) is 2.76. The molecule has 0 amide bonds. The molecular weight excluding hydrogens is 339 g/mol. The number of nitrogens with one attached hydrogen (secondary N) is 1. The normalized spacial score (nSPS) is 12.7. The van der Waals surface area contributed by atoms with E-state index in [1.807, 2.05) is 6.07 Å². The number of fused-ring (bicyclic) bond motifs is 3. The predicted molar refractivity (Wildman–Crippen MR) is 97.8 cm³/mol. The fourth-order valence-electron chi connectivity index (χ4n) is 2.93. The van der Waals surface area contributed by atoms with Crippen LogP contribution < -0.4 is 5.32 Å². The van der Waals surface area contributed by atoms with Crippen molar-refractivity contribution in [2.24, 2.45) is 4.99 Å². The molecule has 25 heavy (non-hydrogen) atoms. The molecule has 3 aromatic rings. The molecular formula is C19H14ClFN4. The summed E-state index contributed by atoms with van der Waals surface area (Å²) in [5, 5.41) is 3.51. The van der Waals surface area contributed by atoms with Gasteiger partial charge in [-0.2, -0.15) is 0 Å². The number of hydrogen-bond acceptors (Lipinski definition) is 4. The molecule has 4 rings (SSSR count). The molecule has 1 aliphatic heterocycles. The molecule has 0 fully saturated rings. The van der Waals surface area contributed by atoms with Crippen LogP contribution in [-0.2, 0) is 6.54 Å². The van der Waals surface area contributed by atoms with Gasteiger partial charge in [-0.15, -0.1) is 0 Å². The predicted octanol–water partition coefficient (Wildman–Crippen LogP) is 4.33. The standard InChI is InChI=1S/C19H14ClFN4/c1-22-19-24-10-11-9-23-18(14-4-2-3-5-16(14)21)15-8-12(20)6-7-13(15)17(11)25-19/h2-8,10H,9H2,1H3,(H,22,24,25). The first-order valence-corrected chi connectivity index (χ1v) is 8.18. The fourth-order valence-corrected chi connectivity index (χ4v) is 3.10. The maximum atomic E-state index is 14.4. The van der Waals surface area contributed by atoms with Crippen molar-refractivity contribution in [2.45, 2.75) is 6.54 Å². The Morgan fingerprint density at radius 2 is 1.92 bits per heavy atom. The van der Waals surface area contributed by atoms with E-state index >= 15 is 0 Å². The number of nitrogens with zero attached hydrogens (tertiary/aromatic N) is 3. The van der Waals surface area contributed by atoms with Gasteiger partial charge in [-0.3, -0.25) is 4.99 Å². The topological polar surface area (TPSA) is 50.2 Å². The molecule has 4 nitrogen and oxygen atoms in total. The zero-order valence-corrected chi connectivity index (χ0v) is 14.2. The molecule has 2 aromatic carbocycles. The second-order valence-corrected chi connectivity index (χ2v) is 6.09. The second-order valence-electron chi connectivity index (χ2n) is 5.65. The van der Waals surface area contributed by atoms with Gasteiger partial charge in [-0.25, -0.2) is 14.4 Å². The zero-order chi connectivity index (χ0) is 17.4. The maximum Gasteiger partial charge on any atom is 0.222 e. The van der Waals surface area contributed by atoms with E-state index in [4.69, 9.17) is 11.6 Å². The molecule has 124 valence electrons. The zero-order valence-electron chi connectivity index (χ0n) is 13.4. The van der Waals surface area contributed by atoms with Crippen LogP contribution in [0.3, 0.4) is 0 Å². The van der Waals surface area contributed by atoms with Gasteiger partial charge in [0.2, 0.25) is 5.95 Å². The third-order valence-corrected chi connectivity index (χ3v) is 4.35. The molecule has 0 bridgehead atoms. The smallest absolute Gasteiger partial charge is 0.222 e. The van der Waals surface area contributed by atoms with Gasteiger partial charge in [0.05, 0.1) is 18.0 Å². The lowest BCUT2D eigenvalue weighted by molar-refractivity contribution is 0.625. The van der Waals surface area contributed by atoms with Crippen LogP contribution in [-0.4, -0.2) is 22.7 Å². The van der Waals surface area contributed by atoms with Crippen molar-refractivity contribution in [3.05, 3.63) is 76.2 Å². The van der Waals surface area contributed by atoms with E-state index < -0.39 is 0 Å². The summed E-state index contributed by atoms with van der Waals surface area (Å²) in [5.74, 6) is 0.203. The lowest BCUT2D eigenvalue weighted by Crippen LogP contribution is -2.07. The Bertz CT molecular complexity index is 1000. The number of aromatic nitrogens is 2. The Kier molecular flexibility index (Phi) is 3.93. The van der Waals surface area contributed by atoms with E-state index in [0.717, 1.165) is 22.4 Å². The lowest BCUT2D eigenvalue weighted by Gasteiger charge is -2.12. The quantitative estimate of drug-likeness (QED) is 0.746. The highest BCUT2D eigenvalue weighted by Gasteiger charge is 2.22. The number of rotatable bonds is 2. The van der Waals surface area contributed by atoms with E-state index in [-0.39, 0.29) is 5.82 Å². The van der Waals surface area contributed by atoms with Crippen molar-refractivity contribution in [1.82, 2.24) is 9.97 Å². The van der Waals surface area contributed by atoms with Gasteiger partial charge < -0.3 is 5.32 Å². The van der Waals surface area contributed by atoms with Gasteiger partial charge in [-0.05, 0) is 24.3 Å². The minimum atomic E-state index is -0.319. The van der Waals surface area contributed by atoms with Gasteiger partial charge in [-0.1, -0.05) is 29.8 Å². The highest BCUT2D eigenvalue weighted by Crippen LogP contribution is 2.33. The Hall–Kier alpha value is -2.79. The summed E-state index contributed by atoms with van der Waals surface area (Å²) in [6.07, 6.45) is 1.75. The van der Waals surface area contributed by atoms with Gasteiger partial charge >= 0.3 is 0 Å². The average molecular weight is 353 g/mol. The monoisotopic (exact) mass is 352 g/mol. The third-order valence-electron chi connectivity index (χ3n) is 4.12. The summed E-state index contributed by atoms with van der Waals surface area (Å²) in [4.78, 5) is 13.5. The molecule has 0 atom stereocenters. The summed E-state index contributed by atoms with van der Waals surface area (Å²) in [7, 11) is 1.77. The molecule has 0 radical (unpaired) electrons. The number of benzene rings is 2. The van der Waals surface area contributed by atoms with Crippen molar-refractivity contribution in [3.8, 4) is 11.3 Å². The highest BCUT2D eigenvalue weighted by molar-refractivity contribution is 6.31. The van der Waals surface area contributed by atoms with Crippen molar-refractivity contribution < 1.29 is 4.39 Å². The molecule has 0 saturated carbocycles. The van der Waals surface area contributed by atoms with Crippen LogP contribution in [0, 0.1) is 5.82 Å². The number of hydrogen-bond donors (Lipinski definition) is 1. The SMILES string of the molecule is CNc1ncc2c(n1)-c1ccc(Cl)cc1C(c1ccccc1F)=NC2. The lowest BCUT2D eigenvalue weighted by atomic mass is 9.95. The highest BCUT2D eigenvalue weighted by atomic mass is 35.5. The van der Waals surface area contributed by atoms with Crippen LogP contribution in [0.1, 0.15) is 16.7 Å². The molecule has 6 heteroatoms. The first-order chi connectivity index (χ1) is 12.2. The molecule has 1 aliphatic rings. The number of aliphatic imine (C=N–C) groups is 1. The van der Waals surface area contributed by atoms with Crippen LogP contribution in [0.5, 0.6) is 0 Å². The molecule has 1 aromatic heterocycles. The van der Waals surface area contributed by atoms with Gasteiger partial charge in [0, 0.05) is 40.5 Å². The summed E-state index contributed by atoms with van der Waals surface area (Å²) >= 11 is 6.21. The summed E-state index contributed by atoms with van der Waals surface area (Å²) < 4.78 is 14.4. The number of halogens is 2. The second kappa shape index (κ2) is 6.26. The van der Waals surface area contributed by atoms with Gasteiger partial charge in [0.25, 0.3) is 0 Å². The summed E-state index contributed by atoms with van der Waals surface area (Å²) in [5.41, 5.74) is 4.30. The summed E-state index contributed by atoms with van der Waals surface area (Å²) in [6, 6.07) is 12.1. The first-order valence-electron chi connectivity index (χ1n) is 7.80.